The molecule has 0 amide bonds. The number of hydrogen-bond acceptors (Lipinski definition) is 1. The van der Waals surface area contributed by atoms with Gasteiger partial charge in [0.1, 0.15) is 5.82 Å². The Morgan fingerprint density at radius 1 is 1.32 bits per heavy atom. The minimum absolute atomic E-state index is 0.0338. The zero-order valence-electron chi connectivity index (χ0n) is 10.5. The first kappa shape index (κ1) is 15.5. The van der Waals surface area contributed by atoms with E-state index in [2.05, 4.69) is 0 Å². The highest BCUT2D eigenvalue weighted by Crippen LogP contribution is 2.33. The molecule has 1 rings (SSSR count). The summed E-state index contributed by atoms with van der Waals surface area (Å²) in [6, 6.07) is 2.26. The van der Waals surface area contributed by atoms with E-state index in [1.807, 2.05) is 0 Å². The second-order valence-corrected chi connectivity index (χ2v) is 4.76. The molecular weight excluding hydrogens is 264 g/mol. The molecule has 106 valence electrons. The van der Waals surface area contributed by atoms with Gasteiger partial charge in [-0.3, -0.25) is 4.79 Å². The lowest BCUT2D eigenvalue weighted by Gasteiger charge is -2.16. The van der Waals surface area contributed by atoms with E-state index in [-0.39, 0.29) is 17.9 Å². The highest BCUT2D eigenvalue weighted by Gasteiger charge is 2.34. The van der Waals surface area contributed by atoms with Gasteiger partial charge in [0, 0.05) is 0 Å². The summed E-state index contributed by atoms with van der Waals surface area (Å²) in [6.07, 6.45) is -4.54. The third-order valence-corrected chi connectivity index (χ3v) is 2.71. The molecule has 1 aromatic carbocycles. The maximum absolute atomic E-state index is 13.4. The van der Waals surface area contributed by atoms with Gasteiger partial charge in [0.2, 0.25) is 0 Å². The SMILES string of the molecule is CC(C)CC(C(=O)O)c1ccc(C(F)(F)F)c(F)c1. The summed E-state index contributed by atoms with van der Waals surface area (Å²) in [6.45, 7) is 3.58. The van der Waals surface area contributed by atoms with Gasteiger partial charge < -0.3 is 5.11 Å². The molecule has 0 bridgehead atoms. The molecule has 0 aliphatic carbocycles. The molecule has 1 atom stereocenters. The molecule has 0 spiro atoms. The standard InChI is InChI=1S/C13H14F4O2/c1-7(2)5-9(12(18)19)8-3-4-10(11(14)6-8)13(15,16)17/h3-4,6-7,9H,5H2,1-2H3,(H,18,19). The quantitative estimate of drug-likeness (QED) is 0.843. The van der Waals surface area contributed by atoms with Crippen molar-refractivity contribution in [3.8, 4) is 0 Å². The molecule has 0 radical (unpaired) electrons. The third-order valence-electron chi connectivity index (χ3n) is 2.71. The number of carbonyl (C=O) groups is 1. The van der Waals surface area contributed by atoms with Crippen LogP contribution in [0.1, 0.15) is 37.3 Å². The molecule has 0 heterocycles. The molecule has 19 heavy (non-hydrogen) atoms. The Hall–Kier alpha value is -1.59. The molecule has 0 fully saturated rings. The topological polar surface area (TPSA) is 37.3 Å². The second kappa shape index (κ2) is 5.59. The Labute approximate surface area is 108 Å². The molecular formula is C13H14F4O2. The average Bonchev–Trinajstić information content (AvgIpc) is 2.23. The summed E-state index contributed by atoms with van der Waals surface area (Å²) in [7, 11) is 0. The van der Waals surface area contributed by atoms with E-state index < -0.39 is 29.4 Å². The van der Waals surface area contributed by atoms with Crippen LogP contribution in [0.4, 0.5) is 17.6 Å². The number of carboxylic acids is 1. The van der Waals surface area contributed by atoms with Gasteiger partial charge in [-0.25, -0.2) is 4.39 Å². The lowest BCUT2D eigenvalue weighted by Crippen LogP contribution is -2.15. The van der Waals surface area contributed by atoms with Crippen molar-refractivity contribution in [3.63, 3.8) is 0 Å². The molecule has 6 heteroatoms. The maximum atomic E-state index is 13.4. The van der Waals surface area contributed by atoms with Crippen LogP contribution in [0.2, 0.25) is 0 Å². The van der Waals surface area contributed by atoms with E-state index in [1.165, 1.54) is 0 Å². The van der Waals surface area contributed by atoms with Crippen LogP contribution in [0.25, 0.3) is 0 Å². The summed E-state index contributed by atoms with van der Waals surface area (Å²) in [5, 5.41) is 9.05. The van der Waals surface area contributed by atoms with Gasteiger partial charge >= 0.3 is 12.1 Å². The number of benzene rings is 1. The lowest BCUT2D eigenvalue weighted by molar-refractivity contribution is -0.140. The van der Waals surface area contributed by atoms with E-state index >= 15 is 0 Å². The molecule has 1 unspecified atom stereocenters. The van der Waals surface area contributed by atoms with Crippen LogP contribution >= 0.6 is 0 Å². The van der Waals surface area contributed by atoms with Crippen LogP contribution in [0.5, 0.6) is 0 Å². The Bertz CT molecular complexity index is 466. The summed E-state index contributed by atoms with van der Waals surface area (Å²) < 4.78 is 50.6. The van der Waals surface area contributed by atoms with Crippen LogP contribution in [-0.2, 0) is 11.0 Å². The number of halogens is 4. The highest BCUT2D eigenvalue weighted by molar-refractivity contribution is 5.76. The summed E-state index contributed by atoms with van der Waals surface area (Å²) in [4.78, 5) is 11.1. The fraction of sp³-hybridized carbons (Fsp3) is 0.462. The first-order chi connectivity index (χ1) is 8.62. The van der Waals surface area contributed by atoms with Crippen LogP contribution in [0.15, 0.2) is 18.2 Å². The Morgan fingerprint density at radius 2 is 1.89 bits per heavy atom. The predicted molar refractivity (Wildman–Crippen MR) is 61.2 cm³/mol. The molecule has 1 N–H and O–H groups in total. The zero-order valence-corrected chi connectivity index (χ0v) is 10.5. The van der Waals surface area contributed by atoms with Gasteiger partial charge in [-0.05, 0) is 30.0 Å². The maximum Gasteiger partial charge on any atom is 0.419 e. The van der Waals surface area contributed by atoms with E-state index in [0.29, 0.717) is 12.1 Å². The average molecular weight is 278 g/mol. The largest absolute Gasteiger partial charge is 0.481 e. The van der Waals surface area contributed by atoms with Crippen molar-refractivity contribution >= 4 is 5.97 Å². The van der Waals surface area contributed by atoms with E-state index in [1.54, 1.807) is 13.8 Å². The van der Waals surface area contributed by atoms with Gasteiger partial charge in [-0.2, -0.15) is 13.2 Å². The van der Waals surface area contributed by atoms with Crippen LogP contribution in [-0.4, -0.2) is 11.1 Å². The Kier molecular flexibility index (Phi) is 4.55. The van der Waals surface area contributed by atoms with Gasteiger partial charge in [-0.15, -0.1) is 0 Å². The molecule has 0 saturated carbocycles. The molecule has 2 nitrogen and oxygen atoms in total. The van der Waals surface area contributed by atoms with Crippen LogP contribution in [0.3, 0.4) is 0 Å². The third kappa shape index (κ3) is 3.94. The summed E-state index contributed by atoms with van der Waals surface area (Å²) >= 11 is 0. The number of hydrogen-bond donors (Lipinski definition) is 1. The monoisotopic (exact) mass is 278 g/mol. The van der Waals surface area contributed by atoms with Crippen molar-refractivity contribution in [2.45, 2.75) is 32.4 Å². The number of rotatable bonds is 4. The van der Waals surface area contributed by atoms with Crippen molar-refractivity contribution in [2.24, 2.45) is 5.92 Å². The fourth-order valence-corrected chi connectivity index (χ4v) is 1.83. The van der Waals surface area contributed by atoms with Crippen LogP contribution < -0.4 is 0 Å². The van der Waals surface area contributed by atoms with E-state index in [9.17, 15) is 22.4 Å². The highest BCUT2D eigenvalue weighted by atomic mass is 19.4. The van der Waals surface area contributed by atoms with Crippen molar-refractivity contribution in [3.05, 3.63) is 35.1 Å². The number of carboxylic acid groups (broad SMARTS) is 1. The minimum Gasteiger partial charge on any atom is -0.481 e. The molecule has 0 aromatic heterocycles. The van der Waals surface area contributed by atoms with Crippen molar-refractivity contribution < 1.29 is 27.5 Å². The Morgan fingerprint density at radius 3 is 2.26 bits per heavy atom. The van der Waals surface area contributed by atoms with Crippen LogP contribution in [0, 0.1) is 11.7 Å². The van der Waals surface area contributed by atoms with E-state index in [4.69, 9.17) is 5.11 Å². The lowest BCUT2D eigenvalue weighted by atomic mass is 9.90. The predicted octanol–water partition coefficient (Wildman–Crippen LogP) is 4.06. The normalized spacial score (nSPS) is 13.6. The van der Waals surface area contributed by atoms with Crippen molar-refractivity contribution in [1.29, 1.82) is 0 Å². The van der Waals surface area contributed by atoms with Gasteiger partial charge in [-0.1, -0.05) is 19.9 Å². The van der Waals surface area contributed by atoms with Gasteiger partial charge in [0.15, 0.2) is 0 Å². The second-order valence-electron chi connectivity index (χ2n) is 4.76. The molecule has 0 saturated heterocycles. The van der Waals surface area contributed by atoms with E-state index in [0.717, 1.165) is 6.07 Å². The van der Waals surface area contributed by atoms with Crippen molar-refractivity contribution in [1.82, 2.24) is 0 Å². The molecule has 1 aromatic rings. The smallest absolute Gasteiger partial charge is 0.419 e. The molecule has 0 aliphatic rings. The number of alkyl halides is 3. The number of aliphatic carboxylic acids is 1. The fourth-order valence-electron chi connectivity index (χ4n) is 1.83. The van der Waals surface area contributed by atoms with Gasteiger partial charge in [0.25, 0.3) is 0 Å². The minimum atomic E-state index is -4.78. The Balaban J connectivity index is 3.14. The van der Waals surface area contributed by atoms with Gasteiger partial charge in [0.05, 0.1) is 11.5 Å². The summed E-state index contributed by atoms with van der Waals surface area (Å²) in [5.41, 5.74) is -1.34. The zero-order chi connectivity index (χ0) is 14.8. The van der Waals surface area contributed by atoms with Crippen molar-refractivity contribution in [2.75, 3.05) is 0 Å². The summed E-state index contributed by atoms with van der Waals surface area (Å²) in [5.74, 6) is -3.59. The first-order valence-electron chi connectivity index (χ1n) is 5.72. The first-order valence-corrected chi connectivity index (χ1v) is 5.72. The molecule has 0 aliphatic heterocycles.